The van der Waals surface area contributed by atoms with Crippen LogP contribution in [0.25, 0.3) is 16.6 Å². The van der Waals surface area contributed by atoms with Crippen LogP contribution >= 0.6 is 0 Å². The van der Waals surface area contributed by atoms with E-state index in [2.05, 4.69) is 13.8 Å². The first-order valence-corrected chi connectivity index (χ1v) is 12.0. The van der Waals surface area contributed by atoms with Crippen molar-refractivity contribution in [3.8, 4) is 5.69 Å². The number of aromatic nitrogens is 2. The molecule has 174 valence electrons. The first-order valence-electron chi connectivity index (χ1n) is 12.0. The molecule has 0 saturated carbocycles. The highest BCUT2D eigenvalue weighted by molar-refractivity contribution is 5.94. The van der Waals surface area contributed by atoms with E-state index >= 15 is 0 Å². The number of rotatable bonds is 8. The van der Waals surface area contributed by atoms with Gasteiger partial charge in [0.05, 0.1) is 22.6 Å². The van der Waals surface area contributed by atoms with Crippen molar-refractivity contribution >= 4 is 16.8 Å². The fraction of sp³-hybridized carbons (Fsp3) is 0.276. The van der Waals surface area contributed by atoms with E-state index in [-0.39, 0.29) is 11.5 Å². The van der Waals surface area contributed by atoms with Crippen molar-refractivity contribution in [1.82, 2.24) is 14.5 Å². The second-order valence-electron chi connectivity index (χ2n) is 8.50. The zero-order valence-corrected chi connectivity index (χ0v) is 20.1. The van der Waals surface area contributed by atoms with Gasteiger partial charge in [0.15, 0.2) is 0 Å². The van der Waals surface area contributed by atoms with Gasteiger partial charge in [-0.1, -0.05) is 68.8 Å². The maximum Gasteiger partial charge on any atom is 0.266 e. The van der Waals surface area contributed by atoms with E-state index in [1.807, 2.05) is 90.7 Å². The minimum atomic E-state index is -0.401. The van der Waals surface area contributed by atoms with Gasteiger partial charge in [0.25, 0.3) is 11.5 Å². The van der Waals surface area contributed by atoms with Gasteiger partial charge in [-0.25, -0.2) is 4.98 Å². The molecule has 0 aliphatic carbocycles. The van der Waals surface area contributed by atoms with Gasteiger partial charge < -0.3 is 4.90 Å². The van der Waals surface area contributed by atoms with Crippen molar-refractivity contribution in [1.29, 1.82) is 0 Å². The Morgan fingerprint density at radius 2 is 1.62 bits per heavy atom. The molecule has 0 N–H and O–H groups in total. The van der Waals surface area contributed by atoms with Crippen LogP contribution in [0, 0.1) is 0 Å². The summed E-state index contributed by atoms with van der Waals surface area (Å²) in [7, 11) is 0. The minimum absolute atomic E-state index is 0.0562. The number of aryl methyl sites for hydroxylation is 1. The lowest BCUT2D eigenvalue weighted by atomic mass is 10.1. The SMILES string of the molecule is CCCCN(C(=O)c1ccccc1)C(C)c1nc2ccccc2c(=O)n1-c1ccccc1CC. The summed E-state index contributed by atoms with van der Waals surface area (Å²) in [6.07, 6.45) is 2.61. The zero-order valence-electron chi connectivity index (χ0n) is 20.1. The van der Waals surface area contributed by atoms with E-state index in [0.29, 0.717) is 28.8 Å². The summed E-state index contributed by atoms with van der Waals surface area (Å²) in [5.41, 5.74) is 3.04. The summed E-state index contributed by atoms with van der Waals surface area (Å²) in [6, 6.07) is 24.3. The third-order valence-corrected chi connectivity index (χ3v) is 6.29. The smallest absolute Gasteiger partial charge is 0.266 e. The number of nitrogens with zero attached hydrogens (tertiary/aromatic N) is 3. The van der Waals surface area contributed by atoms with Crippen LogP contribution < -0.4 is 5.56 Å². The Balaban J connectivity index is 1.94. The molecule has 1 atom stereocenters. The molecule has 1 unspecified atom stereocenters. The van der Waals surface area contributed by atoms with Crippen LogP contribution in [0.2, 0.25) is 0 Å². The molecule has 5 heteroatoms. The van der Waals surface area contributed by atoms with E-state index in [1.165, 1.54) is 0 Å². The number of hydrogen-bond donors (Lipinski definition) is 0. The lowest BCUT2D eigenvalue weighted by Crippen LogP contribution is -2.38. The first-order chi connectivity index (χ1) is 16.6. The Labute approximate surface area is 200 Å². The zero-order chi connectivity index (χ0) is 24.1. The van der Waals surface area contributed by atoms with Gasteiger partial charge in [0, 0.05) is 12.1 Å². The standard InChI is InChI=1S/C29H31N3O2/c1-4-6-20-31(28(33)23-15-8-7-9-16-23)21(3)27-30-25-18-12-11-17-24(25)29(34)32(27)26-19-13-10-14-22(26)5-2/h7-19,21H,4-6,20H2,1-3H3. The number of benzene rings is 3. The molecule has 0 radical (unpaired) electrons. The number of para-hydroxylation sites is 2. The topological polar surface area (TPSA) is 55.2 Å². The molecule has 0 aliphatic heterocycles. The Kier molecular flexibility index (Phi) is 7.21. The Bertz CT molecular complexity index is 1340. The summed E-state index contributed by atoms with van der Waals surface area (Å²) in [5.74, 6) is 0.518. The maximum absolute atomic E-state index is 13.8. The predicted octanol–water partition coefficient (Wildman–Crippen LogP) is 5.95. The molecule has 1 amide bonds. The number of hydrogen-bond acceptors (Lipinski definition) is 3. The third kappa shape index (κ3) is 4.51. The first kappa shape index (κ1) is 23.4. The number of amides is 1. The van der Waals surface area contributed by atoms with Gasteiger partial charge in [-0.3, -0.25) is 14.2 Å². The van der Waals surface area contributed by atoms with Gasteiger partial charge >= 0.3 is 0 Å². The highest BCUT2D eigenvalue weighted by Crippen LogP contribution is 2.26. The highest BCUT2D eigenvalue weighted by atomic mass is 16.2. The van der Waals surface area contributed by atoms with Crippen molar-refractivity contribution in [3.63, 3.8) is 0 Å². The van der Waals surface area contributed by atoms with E-state index in [4.69, 9.17) is 4.98 Å². The van der Waals surface area contributed by atoms with E-state index in [0.717, 1.165) is 30.5 Å². The molecule has 34 heavy (non-hydrogen) atoms. The molecule has 0 bridgehead atoms. The normalized spacial score (nSPS) is 12.0. The average Bonchev–Trinajstić information content (AvgIpc) is 2.89. The highest BCUT2D eigenvalue weighted by Gasteiger charge is 2.27. The maximum atomic E-state index is 13.8. The van der Waals surface area contributed by atoms with Gasteiger partial charge in [0.2, 0.25) is 0 Å². The van der Waals surface area contributed by atoms with Crippen LogP contribution in [0.5, 0.6) is 0 Å². The van der Waals surface area contributed by atoms with Crippen LogP contribution in [0.4, 0.5) is 0 Å². The summed E-state index contributed by atoms with van der Waals surface area (Å²) >= 11 is 0. The number of unbranched alkanes of at least 4 members (excludes halogenated alkanes) is 1. The predicted molar refractivity (Wildman–Crippen MR) is 138 cm³/mol. The second kappa shape index (κ2) is 10.5. The lowest BCUT2D eigenvalue weighted by molar-refractivity contribution is 0.0678. The summed E-state index contributed by atoms with van der Waals surface area (Å²) < 4.78 is 1.71. The van der Waals surface area contributed by atoms with Crippen LogP contribution in [0.15, 0.2) is 83.7 Å². The molecule has 5 nitrogen and oxygen atoms in total. The fourth-order valence-electron chi connectivity index (χ4n) is 4.38. The van der Waals surface area contributed by atoms with Gasteiger partial charge in [-0.15, -0.1) is 0 Å². The van der Waals surface area contributed by atoms with Crippen LogP contribution in [0.1, 0.15) is 61.4 Å². The van der Waals surface area contributed by atoms with Crippen molar-refractivity contribution in [3.05, 3.63) is 106 Å². The Hall–Kier alpha value is -3.73. The minimum Gasteiger partial charge on any atom is -0.329 e. The number of carbonyl (C=O) groups is 1. The molecule has 0 aliphatic rings. The Morgan fingerprint density at radius 1 is 0.941 bits per heavy atom. The molecule has 0 spiro atoms. The molecular weight excluding hydrogens is 422 g/mol. The van der Waals surface area contributed by atoms with Crippen molar-refractivity contribution in [2.45, 2.75) is 46.1 Å². The molecule has 0 saturated heterocycles. The molecule has 4 rings (SSSR count). The number of carbonyl (C=O) groups excluding carboxylic acids is 1. The van der Waals surface area contributed by atoms with Crippen molar-refractivity contribution in [2.75, 3.05) is 6.54 Å². The third-order valence-electron chi connectivity index (χ3n) is 6.29. The molecule has 0 fully saturated rings. The van der Waals surface area contributed by atoms with Gasteiger partial charge in [-0.2, -0.15) is 0 Å². The van der Waals surface area contributed by atoms with Crippen molar-refractivity contribution in [2.24, 2.45) is 0 Å². The second-order valence-corrected chi connectivity index (χ2v) is 8.50. The molecular formula is C29H31N3O2. The van der Waals surface area contributed by atoms with E-state index < -0.39 is 6.04 Å². The monoisotopic (exact) mass is 453 g/mol. The fourth-order valence-corrected chi connectivity index (χ4v) is 4.38. The number of fused-ring (bicyclic) bond motifs is 1. The van der Waals surface area contributed by atoms with Crippen LogP contribution in [-0.2, 0) is 6.42 Å². The lowest BCUT2D eigenvalue weighted by Gasteiger charge is -2.31. The van der Waals surface area contributed by atoms with E-state index in [1.54, 1.807) is 4.57 Å². The van der Waals surface area contributed by atoms with E-state index in [9.17, 15) is 9.59 Å². The van der Waals surface area contributed by atoms with Crippen LogP contribution in [-0.4, -0.2) is 26.9 Å². The van der Waals surface area contributed by atoms with Crippen LogP contribution in [0.3, 0.4) is 0 Å². The Morgan fingerprint density at radius 3 is 2.35 bits per heavy atom. The summed E-state index contributed by atoms with van der Waals surface area (Å²) in [6.45, 7) is 6.74. The molecule has 4 aromatic rings. The summed E-state index contributed by atoms with van der Waals surface area (Å²) in [4.78, 5) is 34.2. The molecule has 1 aromatic heterocycles. The van der Waals surface area contributed by atoms with Gasteiger partial charge in [-0.05, 0) is 55.7 Å². The summed E-state index contributed by atoms with van der Waals surface area (Å²) in [5, 5.41) is 0.568. The molecule has 3 aromatic carbocycles. The molecule has 1 heterocycles. The van der Waals surface area contributed by atoms with Gasteiger partial charge in [0.1, 0.15) is 5.82 Å². The quantitative estimate of drug-likeness (QED) is 0.331. The van der Waals surface area contributed by atoms with Crippen molar-refractivity contribution < 1.29 is 4.79 Å². The average molecular weight is 454 g/mol. The largest absolute Gasteiger partial charge is 0.329 e.